The molecule has 2 nitrogen and oxygen atoms in total. The summed E-state index contributed by atoms with van der Waals surface area (Å²) >= 11 is 0. The molecule has 88 valence electrons. The van der Waals surface area contributed by atoms with E-state index in [9.17, 15) is 13.2 Å². The van der Waals surface area contributed by atoms with Crippen LogP contribution in [0.15, 0.2) is 18.3 Å². The molecule has 0 amide bonds. The Balaban J connectivity index is 2.03. The quantitative estimate of drug-likeness (QED) is 0.843. The van der Waals surface area contributed by atoms with Crippen molar-refractivity contribution >= 4 is 5.82 Å². The van der Waals surface area contributed by atoms with Gasteiger partial charge in [0.2, 0.25) is 0 Å². The van der Waals surface area contributed by atoms with E-state index in [1.54, 1.807) is 0 Å². The molecule has 1 atom stereocenters. The van der Waals surface area contributed by atoms with Gasteiger partial charge in [0.25, 0.3) is 0 Å². The topological polar surface area (TPSA) is 24.9 Å². The molecule has 1 N–H and O–H groups in total. The second-order valence-corrected chi connectivity index (χ2v) is 4.82. The maximum atomic E-state index is 12.3. The smallest absolute Gasteiger partial charge is 0.367 e. The van der Waals surface area contributed by atoms with Crippen molar-refractivity contribution in [2.45, 2.75) is 32.5 Å². The second kappa shape index (κ2) is 3.37. The van der Waals surface area contributed by atoms with Crippen LogP contribution in [0.3, 0.4) is 0 Å². The van der Waals surface area contributed by atoms with Crippen molar-refractivity contribution in [3.63, 3.8) is 0 Å². The lowest BCUT2D eigenvalue weighted by Gasteiger charge is -2.09. The van der Waals surface area contributed by atoms with Gasteiger partial charge in [-0.05, 0) is 24.0 Å². The molecule has 1 aliphatic carbocycles. The Bertz CT molecular complexity index is 381. The van der Waals surface area contributed by atoms with E-state index in [1.807, 2.05) is 0 Å². The lowest BCUT2D eigenvalue weighted by Crippen LogP contribution is -2.11. The molecule has 0 saturated heterocycles. The van der Waals surface area contributed by atoms with Gasteiger partial charge in [0, 0.05) is 12.2 Å². The van der Waals surface area contributed by atoms with Crippen molar-refractivity contribution in [3.05, 3.63) is 23.9 Å². The zero-order valence-electron chi connectivity index (χ0n) is 9.10. The van der Waals surface area contributed by atoms with E-state index in [0.29, 0.717) is 11.9 Å². The molecule has 0 aliphatic heterocycles. The standard InChI is InChI=1S/C11H13F3N2/c1-10(2)5-8(10)16-9-4-3-7(6-15-9)11(12,13)14/h3-4,6,8H,5H2,1-2H3,(H,15,16). The van der Waals surface area contributed by atoms with Crippen molar-refractivity contribution in [3.8, 4) is 0 Å². The molecule has 1 heterocycles. The molecule has 16 heavy (non-hydrogen) atoms. The van der Waals surface area contributed by atoms with Crippen LogP contribution in [0.1, 0.15) is 25.8 Å². The van der Waals surface area contributed by atoms with Crippen molar-refractivity contribution < 1.29 is 13.2 Å². The van der Waals surface area contributed by atoms with Crippen molar-refractivity contribution in [2.24, 2.45) is 5.41 Å². The third-order valence-corrected chi connectivity index (χ3v) is 2.93. The van der Waals surface area contributed by atoms with Crippen molar-refractivity contribution in [1.82, 2.24) is 4.98 Å². The summed E-state index contributed by atoms with van der Waals surface area (Å²) in [5.41, 5.74) is -0.488. The number of halogens is 3. The van der Waals surface area contributed by atoms with Gasteiger partial charge in [-0.2, -0.15) is 13.2 Å². The van der Waals surface area contributed by atoms with Crippen LogP contribution in [0.5, 0.6) is 0 Å². The van der Waals surface area contributed by atoms with E-state index in [4.69, 9.17) is 0 Å². The largest absolute Gasteiger partial charge is 0.417 e. The number of hydrogen-bond donors (Lipinski definition) is 1. The Morgan fingerprint density at radius 1 is 1.38 bits per heavy atom. The molecule has 2 rings (SSSR count). The summed E-state index contributed by atoms with van der Waals surface area (Å²) in [5.74, 6) is 0.503. The maximum absolute atomic E-state index is 12.3. The number of hydrogen-bond acceptors (Lipinski definition) is 2. The third-order valence-electron chi connectivity index (χ3n) is 2.93. The van der Waals surface area contributed by atoms with Gasteiger partial charge >= 0.3 is 6.18 Å². The lowest BCUT2D eigenvalue weighted by atomic mass is 10.2. The Morgan fingerprint density at radius 3 is 2.38 bits per heavy atom. The van der Waals surface area contributed by atoms with E-state index >= 15 is 0 Å². The van der Waals surface area contributed by atoms with Crippen LogP contribution < -0.4 is 5.32 Å². The summed E-state index contributed by atoms with van der Waals surface area (Å²) in [4.78, 5) is 3.76. The van der Waals surface area contributed by atoms with Crippen LogP contribution in [0, 0.1) is 5.41 Å². The minimum atomic E-state index is -4.32. The molecule has 0 bridgehead atoms. The summed E-state index contributed by atoms with van der Waals surface area (Å²) in [6, 6.07) is 2.74. The molecular formula is C11H13F3N2. The van der Waals surface area contributed by atoms with Crippen LogP contribution in [-0.2, 0) is 6.18 Å². The van der Waals surface area contributed by atoms with E-state index < -0.39 is 11.7 Å². The van der Waals surface area contributed by atoms with E-state index in [-0.39, 0.29) is 5.41 Å². The van der Waals surface area contributed by atoms with Gasteiger partial charge in [-0.25, -0.2) is 4.98 Å². The van der Waals surface area contributed by atoms with Crippen molar-refractivity contribution in [1.29, 1.82) is 0 Å². The first-order valence-electron chi connectivity index (χ1n) is 5.09. The highest BCUT2D eigenvalue weighted by molar-refractivity contribution is 5.40. The van der Waals surface area contributed by atoms with Gasteiger partial charge in [0.05, 0.1) is 5.56 Å². The van der Waals surface area contributed by atoms with E-state index in [1.165, 1.54) is 6.07 Å². The summed E-state index contributed by atoms with van der Waals surface area (Å²) in [6.45, 7) is 4.21. The molecule has 1 aliphatic rings. The first-order valence-corrected chi connectivity index (χ1v) is 5.09. The predicted molar refractivity (Wildman–Crippen MR) is 55.0 cm³/mol. The second-order valence-electron chi connectivity index (χ2n) is 4.82. The molecule has 1 aromatic rings. The summed E-state index contributed by atoms with van der Waals surface area (Å²) in [7, 11) is 0. The Labute approximate surface area is 91.9 Å². The molecule has 0 aromatic carbocycles. The number of pyridine rings is 1. The highest BCUT2D eigenvalue weighted by atomic mass is 19.4. The van der Waals surface area contributed by atoms with Gasteiger partial charge in [-0.3, -0.25) is 0 Å². The first-order chi connectivity index (χ1) is 7.29. The minimum Gasteiger partial charge on any atom is -0.367 e. The minimum absolute atomic E-state index is 0.227. The van der Waals surface area contributed by atoms with Crippen LogP contribution in [0.4, 0.5) is 19.0 Å². The average Bonchev–Trinajstić information content (AvgIpc) is 2.73. The van der Waals surface area contributed by atoms with Gasteiger partial charge in [0.1, 0.15) is 5.82 Å². The number of nitrogens with zero attached hydrogens (tertiary/aromatic N) is 1. The van der Waals surface area contributed by atoms with Gasteiger partial charge in [0.15, 0.2) is 0 Å². The number of alkyl halides is 3. The summed E-state index contributed by atoms with van der Waals surface area (Å²) < 4.78 is 36.8. The highest BCUT2D eigenvalue weighted by Crippen LogP contribution is 2.46. The summed E-state index contributed by atoms with van der Waals surface area (Å²) in [6.07, 6.45) is -2.43. The molecular weight excluding hydrogens is 217 g/mol. The Morgan fingerprint density at radius 2 is 2.00 bits per heavy atom. The number of nitrogens with one attached hydrogen (secondary N) is 1. The van der Waals surface area contributed by atoms with Crippen LogP contribution >= 0.6 is 0 Å². The molecule has 1 aromatic heterocycles. The number of aromatic nitrogens is 1. The third kappa shape index (κ3) is 2.28. The van der Waals surface area contributed by atoms with Crippen LogP contribution in [0.25, 0.3) is 0 Å². The van der Waals surface area contributed by atoms with Crippen LogP contribution in [0.2, 0.25) is 0 Å². The van der Waals surface area contributed by atoms with Gasteiger partial charge < -0.3 is 5.32 Å². The molecule has 5 heteroatoms. The predicted octanol–water partition coefficient (Wildman–Crippen LogP) is 3.31. The average molecular weight is 230 g/mol. The zero-order chi connectivity index (χ0) is 12.0. The molecule has 0 spiro atoms. The fraction of sp³-hybridized carbons (Fsp3) is 0.545. The maximum Gasteiger partial charge on any atom is 0.417 e. The van der Waals surface area contributed by atoms with E-state index in [0.717, 1.165) is 18.7 Å². The monoisotopic (exact) mass is 230 g/mol. The zero-order valence-corrected chi connectivity index (χ0v) is 9.10. The Kier molecular flexibility index (Phi) is 2.36. The van der Waals surface area contributed by atoms with Crippen LogP contribution in [-0.4, -0.2) is 11.0 Å². The fourth-order valence-corrected chi connectivity index (χ4v) is 1.54. The first kappa shape index (κ1) is 11.2. The van der Waals surface area contributed by atoms with E-state index in [2.05, 4.69) is 24.1 Å². The Hall–Kier alpha value is -1.26. The molecule has 1 unspecified atom stereocenters. The highest BCUT2D eigenvalue weighted by Gasteiger charge is 2.45. The molecule has 0 radical (unpaired) electrons. The fourth-order valence-electron chi connectivity index (χ4n) is 1.54. The molecule has 1 saturated carbocycles. The number of anilines is 1. The molecule has 1 fully saturated rings. The summed E-state index contributed by atoms with van der Waals surface area (Å²) in [5, 5.41) is 3.11. The van der Waals surface area contributed by atoms with Crippen molar-refractivity contribution in [2.75, 3.05) is 5.32 Å². The lowest BCUT2D eigenvalue weighted by molar-refractivity contribution is -0.137. The van der Waals surface area contributed by atoms with Gasteiger partial charge in [-0.15, -0.1) is 0 Å². The van der Waals surface area contributed by atoms with Gasteiger partial charge in [-0.1, -0.05) is 13.8 Å². The SMILES string of the molecule is CC1(C)CC1Nc1ccc(C(F)(F)F)cn1. The normalized spacial score (nSPS) is 22.9. The number of rotatable bonds is 2.